The molecule has 2 amide bonds. The molecule has 0 aromatic heterocycles. The van der Waals surface area contributed by atoms with Gasteiger partial charge in [-0.3, -0.25) is 9.59 Å². The second-order valence-corrected chi connectivity index (χ2v) is 8.28. The van der Waals surface area contributed by atoms with Crippen LogP contribution in [0, 0.1) is 0 Å². The normalized spacial score (nSPS) is 10.8. The molecule has 38 heavy (non-hydrogen) atoms. The van der Waals surface area contributed by atoms with Crippen LogP contribution in [0.15, 0.2) is 90.0 Å². The van der Waals surface area contributed by atoms with E-state index >= 15 is 0 Å². The van der Waals surface area contributed by atoms with Crippen molar-refractivity contribution in [2.75, 3.05) is 19.0 Å². The van der Waals surface area contributed by atoms with Gasteiger partial charge in [-0.25, -0.2) is 5.43 Å². The SMILES string of the molecule is CCOc1cc(C=NNC(=O)CC(=O)Nc2ccccc2OC)ccc1OCc1cccc2ccccc12. The number of fused-ring (bicyclic) bond motifs is 1. The Bertz CT molecular complexity index is 1450. The summed E-state index contributed by atoms with van der Waals surface area (Å²) in [6.45, 7) is 2.75. The van der Waals surface area contributed by atoms with E-state index in [1.807, 2.05) is 37.3 Å². The van der Waals surface area contributed by atoms with E-state index in [0.29, 0.717) is 41.7 Å². The highest BCUT2D eigenvalue weighted by atomic mass is 16.5. The second-order valence-electron chi connectivity index (χ2n) is 8.28. The van der Waals surface area contributed by atoms with Gasteiger partial charge in [0.2, 0.25) is 11.8 Å². The van der Waals surface area contributed by atoms with Crippen molar-refractivity contribution in [2.45, 2.75) is 20.0 Å². The van der Waals surface area contributed by atoms with Crippen LogP contribution >= 0.6 is 0 Å². The van der Waals surface area contributed by atoms with Crippen molar-refractivity contribution in [3.8, 4) is 17.2 Å². The molecule has 8 heteroatoms. The van der Waals surface area contributed by atoms with Gasteiger partial charge in [-0.1, -0.05) is 54.6 Å². The molecule has 0 bridgehead atoms. The molecule has 0 spiro atoms. The highest BCUT2D eigenvalue weighted by Gasteiger charge is 2.12. The van der Waals surface area contributed by atoms with Gasteiger partial charge in [0.1, 0.15) is 18.8 Å². The molecule has 0 saturated carbocycles. The number of benzene rings is 4. The van der Waals surface area contributed by atoms with Gasteiger partial charge >= 0.3 is 0 Å². The standard InChI is InChI=1S/C30H29N3O5/c1-3-37-28-17-21(15-16-27(28)38-20-23-11-8-10-22-9-4-5-12-24(22)23)19-31-33-30(35)18-29(34)32-25-13-6-7-14-26(25)36-2/h4-17,19H,3,18,20H2,1-2H3,(H,32,34)(H,33,35). The fourth-order valence-electron chi connectivity index (χ4n) is 3.87. The number of rotatable bonds is 11. The van der Waals surface area contributed by atoms with Crippen molar-refractivity contribution in [2.24, 2.45) is 5.10 Å². The first kappa shape index (κ1) is 26.2. The number of carbonyl (C=O) groups is 2. The molecule has 8 nitrogen and oxygen atoms in total. The van der Waals surface area contributed by atoms with E-state index in [4.69, 9.17) is 14.2 Å². The molecule has 0 radical (unpaired) electrons. The van der Waals surface area contributed by atoms with Crippen LogP contribution in [0.3, 0.4) is 0 Å². The van der Waals surface area contributed by atoms with Gasteiger partial charge in [0.15, 0.2) is 11.5 Å². The van der Waals surface area contributed by atoms with Gasteiger partial charge in [-0.05, 0) is 59.2 Å². The summed E-state index contributed by atoms with van der Waals surface area (Å²) in [7, 11) is 1.51. The first-order valence-electron chi connectivity index (χ1n) is 12.2. The van der Waals surface area contributed by atoms with Crippen LogP contribution in [-0.2, 0) is 16.2 Å². The molecule has 0 unspecified atom stereocenters. The summed E-state index contributed by atoms with van der Waals surface area (Å²) >= 11 is 0. The van der Waals surface area contributed by atoms with E-state index in [2.05, 4.69) is 34.0 Å². The third-order valence-corrected chi connectivity index (χ3v) is 5.64. The van der Waals surface area contributed by atoms with Crippen LogP contribution in [0.4, 0.5) is 5.69 Å². The number of anilines is 1. The largest absolute Gasteiger partial charge is 0.495 e. The highest BCUT2D eigenvalue weighted by molar-refractivity contribution is 6.04. The first-order chi connectivity index (χ1) is 18.6. The number of hydrogen-bond donors (Lipinski definition) is 2. The number of hydrazone groups is 1. The predicted octanol–water partition coefficient (Wildman–Crippen LogP) is 5.31. The Morgan fingerprint density at radius 1 is 0.842 bits per heavy atom. The Kier molecular flexibility index (Phi) is 8.91. The van der Waals surface area contributed by atoms with Gasteiger partial charge in [-0.15, -0.1) is 0 Å². The third-order valence-electron chi connectivity index (χ3n) is 5.64. The van der Waals surface area contributed by atoms with Crippen molar-refractivity contribution >= 4 is 34.5 Å². The lowest BCUT2D eigenvalue weighted by atomic mass is 10.1. The van der Waals surface area contributed by atoms with Crippen LogP contribution in [0.1, 0.15) is 24.5 Å². The number of ether oxygens (including phenoxy) is 3. The van der Waals surface area contributed by atoms with Gasteiger partial charge in [0, 0.05) is 0 Å². The zero-order valence-corrected chi connectivity index (χ0v) is 21.3. The summed E-state index contributed by atoms with van der Waals surface area (Å²) in [4.78, 5) is 24.4. The lowest BCUT2D eigenvalue weighted by Crippen LogP contribution is -2.24. The summed E-state index contributed by atoms with van der Waals surface area (Å²) in [6, 6.07) is 26.7. The number of methoxy groups -OCH3 is 1. The quantitative estimate of drug-likeness (QED) is 0.162. The minimum Gasteiger partial charge on any atom is -0.495 e. The van der Waals surface area contributed by atoms with E-state index in [9.17, 15) is 9.59 Å². The Balaban J connectivity index is 1.35. The van der Waals surface area contributed by atoms with Crippen LogP contribution in [-0.4, -0.2) is 31.7 Å². The van der Waals surface area contributed by atoms with Crippen molar-refractivity contribution in [1.29, 1.82) is 0 Å². The van der Waals surface area contributed by atoms with Gasteiger partial charge in [-0.2, -0.15) is 5.10 Å². The minimum absolute atomic E-state index is 0.388. The van der Waals surface area contributed by atoms with E-state index in [0.717, 1.165) is 16.3 Å². The molecule has 0 fully saturated rings. The van der Waals surface area contributed by atoms with Crippen LogP contribution in [0.5, 0.6) is 17.2 Å². The van der Waals surface area contributed by atoms with Crippen LogP contribution in [0.25, 0.3) is 10.8 Å². The Hall–Kier alpha value is -4.85. The molecule has 0 saturated heterocycles. The maximum atomic E-state index is 12.2. The van der Waals surface area contributed by atoms with Crippen molar-refractivity contribution < 1.29 is 23.8 Å². The average Bonchev–Trinajstić information content (AvgIpc) is 2.93. The molecule has 0 heterocycles. The van der Waals surface area contributed by atoms with E-state index in [-0.39, 0.29) is 6.42 Å². The maximum Gasteiger partial charge on any atom is 0.249 e. The monoisotopic (exact) mass is 511 g/mol. The lowest BCUT2D eigenvalue weighted by molar-refractivity contribution is -0.126. The number of carbonyl (C=O) groups excluding carboxylic acids is 2. The van der Waals surface area contributed by atoms with Crippen LogP contribution < -0.4 is 25.0 Å². The van der Waals surface area contributed by atoms with Gasteiger partial charge < -0.3 is 19.5 Å². The zero-order valence-electron chi connectivity index (χ0n) is 21.3. The number of nitrogens with one attached hydrogen (secondary N) is 2. The van der Waals surface area contributed by atoms with Crippen molar-refractivity contribution in [3.05, 3.63) is 96.1 Å². The zero-order chi connectivity index (χ0) is 26.7. The fraction of sp³-hybridized carbons (Fsp3) is 0.167. The Labute approximate surface area is 221 Å². The summed E-state index contributed by atoms with van der Waals surface area (Å²) in [6.07, 6.45) is 1.09. The average molecular weight is 512 g/mol. The molecule has 4 aromatic carbocycles. The Morgan fingerprint density at radius 3 is 2.47 bits per heavy atom. The molecule has 4 rings (SSSR count). The first-order valence-corrected chi connectivity index (χ1v) is 12.2. The molecule has 0 aliphatic carbocycles. The summed E-state index contributed by atoms with van der Waals surface area (Å²) in [5.41, 5.74) is 4.64. The number of para-hydroxylation sites is 2. The van der Waals surface area contributed by atoms with Gasteiger partial charge in [0.25, 0.3) is 0 Å². The minimum atomic E-state index is -0.547. The van der Waals surface area contributed by atoms with Crippen molar-refractivity contribution in [1.82, 2.24) is 5.43 Å². The molecule has 194 valence electrons. The smallest absolute Gasteiger partial charge is 0.249 e. The summed E-state index contributed by atoms with van der Waals surface area (Å²) in [5, 5.41) is 8.92. The molecular formula is C30H29N3O5. The molecule has 4 aromatic rings. The van der Waals surface area contributed by atoms with Crippen molar-refractivity contribution in [3.63, 3.8) is 0 Å². The molecule has 0 aliphatic heterocycles. The predicted molar refractivity (Wildman–Crippen MR) is 148 cm³/mol. The summed E-state index contributed by atoms with van der Waals surface area (Å²) < 4.78 is 17.1. The number of nitrogens with zero attached hydrogens (tertiary/aromatic N) is 1. The molecule has 2 N–H and O–H groups in total. The molecular weight excluding hydrogens is 482 g/mol. The lowest BCUT2D eigenvalue weighted by Gasteiger charge is -2.13. The molecule has 0 atom stereocenters. The summed E-state index contributed by atoms with van der Waals surface area (Å²) in [5.74, 6) is 0.657. The van der Waals surface area contributed by atoms with E-state index < -0.39 is 11.8 Å². The fourth-order valence-corrected chi connectivity index (χ4v) is 3.87. The Morgan fingerprint density at radius 2 is 1.63 bits per heavy atom. The maximum absolute atomic E-state index is 12.2. The van der Waals surface area contributed by atoms with Crippen LogP contribution in [0.2, 0.25) is 0 Å². The third kappa shape index (κ3) is 6.88. The number of amides is 2. The van der Waals surface area contributed by atoms with E-state index in [1.165, 1.54) is 13.3 Å². The number of hydrogen-bond acceptors (Lipinski definition) is 6. The highest BCUT2D eigenvalue weighted by Crippen LogP contribution is 2.30. The second kappa shape index (κ2) is 12.9. The van der Waals surface area contributed by atoms with Gasteiger partial charge in [0.05, 0.1) is 25.6 Å². The topological polar surface area (TPSA) is 98.2 Å². The molecule has 0 aliphatic rings. The van der Waals surface area contributed by atoms with E-state index in [1.54, 1.807) is 36.4 Å².